The third-order valence-electron chi connectivity index (χ3n) is 5.52. The summed E-state index contributed by atoms with van der Waals surface area (Å²) in [5.41, 5.74) is 1.72. The zero-order valence-corrected chi connectivity index (χ0v) is 19.8. The molecule has 1 aromatic carbocycles. The summed E-state index contributed by atoms with van der Waals surface area (Å²) in [4.78, 5) is 33.1. The Kier molecular flexibility index (Phi) is 5.94. The average Bonchev–Trinajstić information content (AvgIpc) is 3.40. The van der Waals surface area contributed by atoms with Crippen molar-refractivity contribution in [2.45, 2.75) is 37.8 Å². The van der Waals surface area contributed by atoms with E-state index in [1.807, 2.05) is 24.3 Å². The molecule has 4 aromatic rings. The van der Waals surface area contributed by atoms with Gasteiger partial charge in [0.2, 0.25) is 5.91 Å². The Labute approximate surface area is 198 Å². The average molecular weight is 483 g/mol. The molecule has 0 fully saturated rings. The van der Waals surface area contributed by atoms with Crippen LogP contribution in [0.1, 0.15) is 29.0 Å². The zero-order valence-electron chi connectivity index (χ0n) is 18.2. The predicted octanol–water partition coefficient (Wildman–Crippen LogP) is 4.36. The molecule has 3 heterocycles. The summed E-state index contributed by atoms with van der Waals surface area (Å²) in [6.07, 6.45) is 4.11. The summed E-state index contributed by atoms with van der Waals surface area (Å²) < 4.78 is 11.9. The third kappa shape index (κ3) is 4.28. The van der Waals surface area contributed by atoms with Gasteiger partial charge in [-0.2, -0.15) is 0 Å². The van der Waals surface area contributed by atoms with Gasteiger partial charge in [0.05, 0.1) is 23.9 Å². The van der Waals surface area contributed by atoms with Crippen LogP contribution >= 0.6 is 23.1 Å². The van der Waals surface area contributed by atoms with Crippen LogP contribution in [0.3, 0.4) is 0 Å². The molecule has 170 valence electrons. The van der Waals surface area contributed by atoms with Crippen molar-refractivity contribution in [3.63, 3.8) is 0 Å². The fraction of sp³-hybridized carbons (Fsp3) is 0.304. The summed E-state index contributed by atoms with van der Waals surface area (Å²) in [6.45, 7) is 1.75. The van der Waals surface area contributed by atoms with E-state index in [0.717, 1.165) is 36.1 Å². The minimum Gasteiger partial charge on any atom is -0.497 e. The van der Waals surface area contributed by atoms with Crippen molar-refractivity contribution in [2.24, 2.45) is 0 Å². The molecule has 3 aromatic heterocycles. The summed E-state index contributed by atoms with van der Waals surface area (Å²) in [6, 6.07) is 8.92. The highest BCUT2D eigenvalue weighted by molar-refractivity contribution is 7.99. The number of benzene rings is 1. The van der Waals surface area contributed by atoms with Crippen molar-refractivity contribution in [1.82, 2.24) is 14.7 Å². The number of fused-ring (bicyclic) bond motifs is 3. The Balaban J connectivity index is 1.54. The topological polar surface area (TPSA) is 99.2 Å². The van der Waals surface area contributed by atoms with Gasteiger partial charge in [-0.1, -0.05) is 16.9 Å². The number of aromatic nitrogens is 3. The highest BCUT2D eigenvalue weighted by Crippen LogP contribution is 2.35. The largest absolute Gasteiger partial charge is 0.497 e. The minimum absolute atomic E-state index is 0.0745. The number of carbonyl (C=O) groups excluding carboxylic acids is 1. The first-order chi connectivity index (χ1) is 16.0. The molecule has 1 N–H and O–H groups in total. The quantitative estimate of drug-likeness (QED) is 0.322. The molecule has 0 bridgehead atoms. The summed E-state index contributed by atoms with van der Waals surface area (Å²) in [5, 5.41) is 7.67. The van der Waals surface area contributed by atoms with Crippen molar-refractivity contribution in [1.29, 1.82) is 0 Å². The number of hydrogen-bond acceptors (Lipinski definition) is 8. The number of aryl methyl sites for hydroxylation is 3. The fourth-order valence-electron chi connectivity index (χ4n) is 3.98. The predicted molar refractivity (Wildman–Crippen MR) is 129 cm³/mol. The fourth-order valence-corrected chi connectivity index (χ4v) is 6.09. The lowest BCUT2D eigenvalue weighted by Gasteiger charge is -2.14. The number of rotatable bonds is 6. The molecule has 0 saturated heterocycles. The minimum atomic E-state index is -0.255. The number of anilines is 1. The van der Waals surface area contributed by atoms with Crippen LogP contribution in [0.15, 0.2) is 44.8 Å². The van der Waals surface area contributed by atoms with Gasteiger partial charge in [0.15, 0.2) is 11.0 Å². The van der Waals surface area contributed by atoms with Crippen LogP contribution in [0.5, 0.6) is 5.75 Å². The lowest BCUT2D eigenvalue weighted by molar-refractivity contribution is -0.113. The van der Waals surface area contributed by atoms with Gasteiger partial charge in [-0.15, -0.1) is 11.3 Å². The number of thiophene rings is 1. The van der Waals surface area contributed by atoms with Gasteiger partial charge in [0, 0.05) is 10.9 Å². The molecule has 1 amide bonds. The van der Waals surface area contributed by atoms with Crippen molar-refractivity contribution >= 4 is 45.0 Å². The SMILES string of the molecule is COc1ccc(-n2c(SCC(=O)Nc3cc(C)on3)nc3sc4c(c3c2=O)CCCC4)cc1. The lowest BCUT2D eigenvalue weighted by Crippen LogP contribution is -2.23. The van der Waals surface area contributed by atoms with Gasteiger partial charge >= 0.3 is 0 Å². The van der Waals surface area contributed by atoms with Crippen molar-refractivity contribution in [3.8, 4) is 11.4 Å². The number of carbonyl (C=O) groups is 1. The van der Waals surface area contributed by atoms with Gasteiger partial charge in [-0.3, -0.25) is 14.2 Å². The number of methoxy groups -OCH3 is 1. The molecule has 5 rings (SSSR count). The molecule has 0 atom stereocenters. The van der Waals surface area contributed by atoms with Crippen molar-refractivity contribution < 1.29 is 14.1 Å². The molecule has 0 aliphatic heterocycles. The molecule has 8 nitrogen and oxygen atoms in total. The number of nitrogens with zero attached hydrogens (tertiary/aromatic N) is 3. The van der Waals surface area contributed by atoms with E-state index in [1.165, 1.54) is 16.6 Å². The number of hydrogen-bond donors (Lipinski definition) is 1. The van der Waals surface area contributed by atoms with Gasteiger partial charge < -0.3 is 14.6 Å². The standard InChI is InChI=1S/C23H22N4O4S2/c1-13-11-18(26-31-13)24-19(28)12-32-23-25-21-20(16-5-3-4-6-17(16)33-21)22(29)27(23)14-7-9-15(30-2)10-8-14/h7-11H,3-6,12H2,1-2H3,(H,24,26,28). The van der Waals surface area contributed by atoms with Gasteiger partial charge in [0.25, 0.3) is 5.56 Å². The van der Waals surface area contributed by atoms with E-state index < -0.39 is 0 Å². The number of nitrogens with one attached hydrogen (secondary N) is 1. The van der Waals surface area contributed by atoms with E-state index in [0.29, 0.717) is 33.6 Å². The van der Waals surface area contributed by atoms with E-state index >= 15 is 0 Å². The molecule has 10 heteroatoms. The van der Waals surface area contributed by atoms with Gasteiger partial charge in [-0.05, 0) is 62.4 Å². The van der Waals surface area contributed by atoms with Crippen molar-refractivity contribution in [2.75, 3.05) is 18.2 Å². The molecule has 1 aliphatic rings. The Morgan fingerprint density at radius 1 is 1.27 bits per heavy atom. The van der Waals surface area contributed by atoms with E-state index in [-0.39, 0.29) is 17.2 Å². The maximum atomic E-state index is 13.7. The normalized spacial score (nSPS) is 13.2. The maximum Gasteiger partial charge on any atom is 0.267 e. The van der Waals surface area contributed by atoms with Crippen LogP contribution in [0.2, 0.25) is 0 Å². The van der Waals surface area contributed by atoms with E-state index in [9.17, 15) is 9.59 Å². The Morgan fingerprint density at radius 2 is 2.06 bits per heavy atom. The second-order valence-corrected chi connectivity index (χ2v) is 9.81. The Bertz CT molecular complexity index is 1390. The number of ether oxygens (including phenoxy) is 1. The van der Waals surface area contributed by atoms with Crippen LogP contribution in [-0.4, -0.2) is 33.5 Å². The van der Waals surface area contributed by atoms with Gasteiger partial charge in [0.1, 0.15) is 16.3 Å². The van der Waals surface area contributed by atoms with Crippen LogP contribution in [0, 0.1) is 6.92 Å². The van der Waals surface area contributed by atoms with Crippen LogP contribution in [-0.2, 0) is 17.6 Å². The first-order valence-electron chi connectivity index (χ1n) is 10.6. The molecular weight excluding hydrogens is 460 g/mol. The summed E-state index contributed by atoms with van der Waals surface area (Å²) in [5.74, 6) is 1.49. The molecule has 0 saturated carbocycles. The summed E-state index contributed by atoms with van der Waals surface area (Å²) in [7, 11) is 1.60. The molecule has 0 radical (unpaired) electrons. The first-order valence-corrected chi connectivity index (χ1v) is 12.4. The highest BCUT2D eigenvalue weighted by atomic mass is 32.2. The molecular formula is C23H22N4O4S2. The number of thioether (sulfide) groups is 1. The third-order valence-corrected chi connectivity index (χ3v) is 7.64. The van der Waals surface area contributed by atoms with Crippen LogP contribution in [0.25, 0.3) is 15.9 Å². The molecule has 0 spiro atoms. The van der Waals surface area contributed by atoms with Crippen molar-refractivity contribution in [3.05, 3.63) is 56.9 Å². The van der Waals surface area contributed by atoms with E-state index in [1.54, 1.807) is 36.0 Å². The van der Waals surface area contributed by atoms with E-state index in [4.69, 9.17) is 14.2 Å². The summed E-state index contributed by atoms with van der Waals surface area (Å²) >= 11 is 2.81. The monoisotopic (exact) mass is 482 g/mol. The Hall–Kier alpha value is -3.11. The second kappa shape index (κ2) is 9.03. The lowest BCUT2D eigenvalue weighted by atomic mass is 9.97. The maximum absolute atomic E-state index is 13.7. The Morgan fingerprint density at radius 3 is 2.79 bits per heavy atom. The molecule has 33 heavy (non-hydrogen) atoms. The molecule has 0 unspecified atom stereocenters. The zero-order chi connectivity index (χ0) is 22.9. The van der Waals surface area contributed by atoms with Crippen LogP contribution in [0.4, 0.5) is 5.82 Å². The van der Waals surface area contributed by atoms with Gasteiger partial charge in [-0.25, -0.2) is 4.98 Å². The van der Waals surface area contributed by atoms with E-state index in [2.05, 4.69) is 10.5 Å². The highest BCUT2D eigenvalue weighted by Gasteiger charge is 2.23. The van der Waals surface area contributed by atoms with Crippen LogP contribution < -0.4 is 15.6 Å². The molecule has 1 aliphatic carbocycles. The smallest absolute Gasteiger partial charge is 0.267 e. The first kappa shape index (κ1) is 21.7. The second-order valence-electron chi connectivity index (χ2n) is 7.78. The number of amides is 1.